The van der Waals surface area contributed by atoms with E-state index in [0.29, 0.717) is 26.0 Å². The molecule has 0 saturated carbocycles. The molecule has 3 rings (SSSR count). The van der Waals surface area contributed by atoms with Crippen molar-refractivity contribution in [3.05, 3.63) is 18.7 Å². The van der Waals surface area contributed by atoms with Crippen molar-refractivity contribution in [3.63, 3.8) is 0 Å². The van der Waals surface area contributed by atoms with Crippen molar-refractivity contribution in [2.75, 3.05) is 26.2 Å². The van der Waals surface area contributed by atoms with Crippen molar-refractivity contribution >= 4 is 12.1 Å². The van der Waals surface area contributed by atoms with Gasteiger partial charge in [0.05, 0.1) is 19.2 Å². The molecular weight excluding hydrogens is 310 g/mol. The minimum atomic E-state index is -3.05. The van der Waals surface area contributed by atoms with E-state index in [9.17, 15) is 18.4 Å². The maximum absolute atomic E-state index is 14.1. The molecule has 2 aliphatic heterocycles. The fraction of sp³-hybridized carbons (Fsp3) is 0.643. The molecule has 0 bridgehead atoms. The molecule has 7 nitrogen and oxygen atoms in total. The fourth-order valence-corrected chi connectivity index (χ4v) is 3.01. The normalized spacial score (nSPS) is 25.0. The van der Waals surface area contributed by atoms with E-state index < -0.39 is 37.1 Å². The van der Waals surface area contributed by atoms with Crippen LogP contribution in [0.1, 0.15) is 19.3 Å². The number of likely N-dealkylation sites (tertiary alicyclic amines) is 1. The first kappa shape index (κ1) is 15.7. The minimum Gasteiger partial charge on any atom is -0.449 e. The van der Waals surface area contributed by atoms with Crippen LogP contribution in [0.4, 0.5) is 18.4 Å². The summed E-state index contributed by atoms with van der Waals surface area (Å²) in [6.07, 6.45) is 4.44. The fourth-order valence-electron chi connectivity index (χ4n) is 3.01. The average Bonchev–Trinajstić information content (AvgIpc) is 2.94. The number of amides is 2. The van der Waals surface area contributed by atoms with E-state index in [1.54, 1.807) is 0 Å². The van der Waals surface area contributed by atoms with Gasteiger partial charge in [0.2, 0.25) is 0 Å². The number of piperidine rings is 1. The zero-order chi connectivity index (χ0) is 16.4. The number of nitrogens with zero attached hydrogens (tertiary/aromatic N) is 4. The van der Waals surface area contributed by atoms with Gasteiger partial charge in [-0.1, -0.05) is 0 Å². The Balaban J connectivity index is 1.78. The number of cyclic esters (lactones) is 1. The second-order valence-corrected chi connectivity index (χ2v) is 5.86. The molecule has 0 aromatic carbocycles. The predicted octanol–water partition coefficient (Wildman–Crippen LogP) is 1.79. The summed E-state index contributed by atoms with van der Waals surface area (Å²) < 4.78 is 34.4. The smallest absolute Gasteiger partial charge is 0.410 e. The third-order valence-corrected chi connectivity index (χ3v) is 4.08. The predicted molar refractivity (Wildman–Crippen MR) is 75.2 cm³/mol. The monoisotopic (exact) mass is 328 g/mol. The highest BCUT2D eigenvalue weighted by Gasteiger charge is 2.45. The summed E-state index contributed by atoms with van der Waals surface area (Å²) in [5, 5.41) is 0. The van der Waals surface area contributed by atoms with E-state index in [1.807, 2.05) is 0 Å². The molecule has 1 atom stereocenters. The summed E-state index contributed by atoms with van der Waals surface area (Å²) in [5.41, 5.74) is 0. The van der Waals surface area contributed by atoms with Crippen molar-refractivity contribution < 1.29 is 23.1 Å². The molecule has 0 unspecified atom stereocenters. The summed E-state index contributed by atoms with van der Waals surface area (Å²) in [4.78, 5) is 30.4. The van der Waals surface area contributed by atoms with Gasteiger partial charge in [-0.15, -0.1) is 0 Å². The van der Waals surface area contributed by atoms with E-state index in [4.69, 9.17) is 4.74 Å². The van der Waals surface area contributed by atoms with Crippen LogP contribution in [0.3, 0.4) is 0 Å². The number of halogens is 2. The summed E-state index contributed by atoms with van der Waals surface area (Å²) >= 11 is 0. The first-order chi connectivity index (χ1) is 11.0. The number of rotatable bonds is 1. The molecule has 2 saturated heterocycles. The van der Waals surface area contributed by atoms with Gasteiger partial charge >= 0.3 is 12.1 Å². The van der Waals surface area contributed by atoms with E-state index in [2.05, 4.69) is 4.98 Å². The zero-order valence-electron chi connectivity index (χ0n) is 12.5. The molecule has 0 spiro atoms. The van der Waals surface area contributed by atoms with Gasteiger partial charge in [0, 0.05) is 31.9 Å². The number of imidazole rings is 1. The van der Waals surface area contributed by atoms with Gasteiger partial charge in [-0.2, -0.15) is 0 Å². The Morgan fingerprint density at radius 2 is 2.22 bits per heavy atom. The van der Waals surface area contributed by atoms with Gasteiger partial charge in [0.1, 0.15) is 6.33 Å². The number of carbonyl (C=O) groups is 2. The van der Waals surface area contributed by atoms with E-state index >= 15 is 0 Å². The third kappa shape index (κ3) is 3.43. The molecule has 2 amide bonds. The van der Waals surface area contributed by atoms with Crippen LogP contribution in [0.25, 0.3) is 0 Å². The Hall–Kier alpha value is -2.19. The van der Waals surface area contributed by atoms with Crippen molar-refractivity contribution in [2.24, 2.45) is 0 Å². The van der Waals surface area contributed by atoms with Crippen molar-refractivity contribution in [2.45, 2.75) is 31.2 Å². The third-order valence-electron chi connectivity index (χ3n) is 4.08. The second-order valence-electron chi connectivity index (χ2n) is 5.86. The van der Waals surface area contributed by atoms with Crippen molar-refractivity contribution in [1.29, 1.82) is 0 Å². The lowest BCUT2D eigenvalue weighted by Gasteiger charge is -2.41. The molecule has 1 aromatic rings. The zero-order valence-corrected chi connectivity index (χ0v) is 12.5. The molecule has 9 heteroatoms. The Kier molecular flexibility index (Phi) is 4.18. The second kappa shape index (κ2) is 6.13. The van der Waals surface area contributed by atoms with Crippen LogP contribution in [0, 0.1) is 0 Å². The lowest BCUT2D eigenvalue weighted by molar-refractivity contribution is -0.0788. The molecule has 126 valence electrons. The standard InChI is InChI=1S/C14H18F2N4O3/c15-14(16)7-11(20-4-1-2-6-23-13(20)22)8-19(9-14)12(21)18-5-3-17-10-18/h3,5,10-11H,1-2,4,6-9H2/t11-/m1/s1. The molecule has 3 heterocycles. The molecule has 2 aliphatic rings. The molecule has 1 aromatic heterocycles. The number of hydrogen-bond donors (Lipinski definition) is 0. The highest BCUT2D eigenvalue weighted by molar-refractivity contribution is 5.77. The van der Waals surface area contributed by atoms with E-state index in [1.165, 1.54) is 23.6 Å². The quantitative estimate of drug-likeness (QED) is 0.788. The van der Waals surface area contributed by atoms with Crippen LogP contribution in [-0.4, -0.2) is 69.7 Å². The van der Waals surface area contributed by atoms with Gasteiger partial charge in [-0.25, -0.2) is 23.4 Å². The summed E-state index contributed by atoms with van der Waals surface area (Å²) in [7, 11) is 0. The number of alkyl halides is 2. The summed E-state index contributed by atoms with van der Waals surface area (Å²) in [6, 6.07) is -1.33. The van der Waals surface area contributed by atoms with Crippen LogP contribution in [0.2, 0.25) is 0 Å². The van der Waals surface area contributed by atoms with Crippen LogP contribution in [0.15, 0.2) is 18.7 Å². The SMILES string of the molecule is O=C1OCCCCN1[C@H]1CN(C(=O)n2ccnc2)CC(F)(F)C1. The molecule has 2 fully saturated rings. The first-order valence-corrected chi connectivity index (χ1v) is 7.55. The molecule has 0 radical (unpaired) electrons. The summed E-state index contributed by atoms with van der Waals surface area (Å²) in [6.45, 7) is 0.0634. The van der Waals surface area contributed by atoms with Gasteiger partial charge in [0.15, 0.2) is 0 Å². The lowest BCUT2D eigenvalue weighted by Crippen LogP contribution is -2.58. The Morgan fingerprint density at radius 3 is 2.96 bits per heavy atom. The van der Waals surface area contributed by atoms with Crippen LogP contribution >= 0.6 is 0 Å². The number of carbonyl (C=O) groups excluding carboxylic acids is 2. The van der Waals surface area contributed by atoms with E-state index in [0.717, 1.165) is 9.47 Å². The summed E-state index contributed by atoms with van der Waals surface area (Å²) in [5.74, 6) is -3.05. The highest BCUT2D eigenvalue weighted by Crippen LogP contribution is 2.30. The van der Waals surface area contributed by atoms with Crippen molar-refractivity contribution in [1.82, 2.24) is 19.4 Å². The maximum atomic E-state index is 14.1. The van der Waals surface area contributed by atoms with Gasteiger partial charge in [0.25, 0.3) is 5.92 Å². The maximum Gasteiger partial charge on any atom is 0.410 e. The van der Waals surface area contributed by atoms with Crippen molar-refractivity contribution in [3.8, 4) is 0 Å². The molecule has 0 aliphatic carbocycles. The average molecular weight is 328 g/mol. The molecule has 23 heavy (non-hydrogen) atoms. The number of hydrogen-bond acceptors (Lipinski definition) is 4. The van der Waals surface area contributed by atoms with E-state index in [-0.39, 0.29) is 6.54 Å². The van der Waals surface area contributed by atoms with Crippen LogP contribution in [-0.2, 0) is 4.74 Å². The largest absolute Gasteiger partial charge is 0.449 e. The number of aromatic nitrogens is 2. The first-order valence-electron chi connectivity index (χ1n) is 7.55. The van der Waals surface area contributed by atoms with Gasteiger partial charge in [-0.3, -0.25) is 4.57 Å². The van der Waals surface area contributed by atoms with Gasteiger partial charge in [-0.05, 0) is 12.8 Å². The Bertz CT molecular complexity index is 579. The lowest BCUT2D eigenvalue weighted by atomic mass is 10.0. The Morgan fingerprint density at radius 1 is 1.39 bits per heavy atom. The number of ether oxygens (including phenoxy) is 1. The highest BCUT2D eigenvalue weighted by atomic mass is 19.3. The molecule has 0 N–H and O–H groups in total. The van der Waals surface area contributed by atoms with Crippen LogP contribution < -0.4 is 0 Å². The topological polar surface area (TPSA) is 67.7 Å². The minimum absolute atomic E-state index is 0.0572. The van der Waals surface area contributed by atoms with Crippen LogP contribution in [0.5, 0.6) is 0 Å². The van der Waals surface area contributed by atoms with Gasteiger partial charge < -0.3 is 14.5 Å². The Labute approximate surface area is 131 Å². The molecular formula is C14H18F2N4O3.